The van der Waals surface area contributed by atoms with Gasteiger partial charge in [0.2, 0.25) is 12.2 Å². The zero-order valence-electron chi connectivity index (χ0n) is 55.3. The number of anilines is 2. The second-order valence-electron chi connectivity index (χ2n) is 27.4. The van der Waals surface area contributed by atoms with Gasteiger partial charge in [-0.05, 0) is 153 Å². The normalized spacial score (nSPS) is 25.8. The number of hydrogen-bond donors (Lipinski definition) is 9. The van der Waals surface area contributed by atoms with Gasteiger partial charge in [-0.1, -0.05) is 61.6 Å². The number of pyridine rings is 1. The number of benzene rings is 3. The van der Waals surface area contributed by atoms with Crippen LogP contribution in [0, 0.1) is 29.6 Å². The highest BCUT2D eigenvalue weighted by molar-refractivity contribution is 7.22. The summed E-state index contributed by atoms with van der Waals surface area (Å²) in [5.41, 5.74) is 4.89. The first-order valence-corrected chi connectivity index (χ1v) is 34.4. The number of hydrogen-bond acceptors (Lipinski definition) is 21. The molecule has 9 N–H and O–H groups in total. The van der Waals surface area contributed by atoms with Crippen molar-refractivity contribution in [3.63, 3.8) is 0 Å². The predicted octanol–water partition coefficient (Wildman–Crippen LogP) is 5.78. The number of imide groups is 1. The molecule has 6 heterocycles. The molecular weight excluding hydrogens is 1300 g/mol. The highest BCUT2D eigenvalue weighted by Gasteiger charge is 2.60. The van der Waals surface area contributed by atoms with Crippen LogP contribution < -0.4 is 20.3 Å². The quantitative estimate of drug-likeness (QED) is 0.0230. The maximum atomic E-state index is 14.3. The van der Waals surface area contributed by atoms with Gasteiger partial charge in [-0.25, -0.2) is 24.4 Å². The van der Waals surface area contributed by atoms with Crippen LogP contribution in [-0.4, -0.2) is 195 Å². The van der Waals surface area contributed by atoms with E-state index in [0.29, 0.717) is 90.4 Å². The van der Waals surface area contributed by atoms with E-state index >= 15 is 0 Å². The maximum Gasteiger partial charge on any atom is 0.410 e. The number of amides is 5. The lowest BCUT2D eigenvalue weighted by atomic mass is 9.43. The average molecular weight is 1380 g/mol. The Kier molecular flexibility index (Phi) is 20.7. The van der Waals surface area contributed by atoms with Crippen LogP contribution in [0.25, 0.3) is 21.3 Å². The number of carboxylic acids is 2. The summed E-state index contributed by atoms with van der Waals surface area (Å²) in [6, 6.07) is 21.8. The number of fused-ring (bicyclic) bond motifs is 2. The molecule has 6 aliphatic carbocycles. The maximum absolute atomic E-state index is 14.3. The van der Waals surface area contributed by atoms with Gasteiger partial charge >= 0.3 is 18.0 Å². The van der Waals surface area contributed by atoms with Crippen molar-refractivity contribution in [2.24, 2.45) is 22.7 Å². The summed E-state index contributed by atoms with van der Waals surface area (Å²) in [4.78, 5) is 104. The molecule has 27 nitrogen and oxygen atoms in total. The summed E-state index contributed by atoms with van der Waals surface area (Å²) in [5, 5.41) is 84.1. The van der Waals surface area contributed by atoms with Crippen LogP contribution in [0.3, 0.4) is 0 Å². The summed E-state index contributed by atoms with van der Waals surface area (Å²) in [5.74, 6) is -3.68. The molecule has 6 aromatic rings. The molecule has 2 unspecified atom stereocenters. The first kappa shape index (κ1) is 70.1. The Bertz CT molecular complexity index is 4030. The number of aliphatic hydroxyl groups excluding tert-OH is 5. The Labute approximate surface area is 574 Å². The van der Waals surface area contributed by atoms with Crippen molar-refractivity contribution in [1.82, 2.24) is 34.9 Å². The molecule has 9 aliphatic rings. The van der Waals surface area contributed by atoms with E-state index in [0.717, 1.165) is 82.6 Å². The van der Waals surface area contributed by atoms with Crippen LogP contribution in [0.5, 0.6) is 5.75 Å². The van der Waals surface area contributed by atoms with E-state index in [1.54, 1.807) is 30.5 Å². The van der Waals surface area contributed by atoms with Gasteiger partial charge in [0.25, 0.3) is 17.7 Å². The zero-order chi connectivity index (χ0) is 70.1. The molecule has 7 fully saturated rings. The van der Waals surface area contributed by atoms with Gasteiger partial charge in [0.15, 0.2) is 16.9 Å². The van der Waals surface area contributed by atoms with Crippen molar-refractivity contribution >= 4 is 74.2 Å². The molecule has 3 bridgehead atoms. The number of aromatic nitrogens is 4. The highest BCUT2D eigenvalue weighted by atomic mass is 32.1. The van der Waals surface area contributed by atoms with E-state index in [4.69, 9.17) is 29.0 Å². The number of aromatic carboxylic acids is 1. The number of carbonyl (C=O) groups excluding carboxylic acids is 5. The van der Waals surface area contributed by atoms with Crippen LogP contribution in [0.1, 0.15) is 120 Å². The fraction of sp³-hybridized carbons (Fsp3) is 0.493. The van der Waals surface area contributed by atoms with Crippen molar-refractivity contribution in [3.8, 4) is 16.9 Å². The number of para-hydroxylation sites is 1. The topological polar surface area (TPSA) is 375 Å². The molecule has 0 radical (unpaired) electrons. The number of nitrogens with zero attached hydrogens (tertiary/aromatic N) is 7. The van der Waals surface area contributed by atoms with Gasteiger partial charge in [0, 0.05) is 79.4 Å². The third-order valence-electron chi connectivity index (χ3n) is 21.2. The highest BCUT2D eigenvalue weighted by Crippen LogP contribution is 2.66. The third-order valence-corrected chi connectivity index (χ3v) is 22.2. The first-order chi connectivity index (χ1) is 47.4. The molecule has 3 aliphatic heterocycles. The van der Waals surface area contributed by atoms with Crippen molar-refractivity contribution in [1.29, 1.82) is 0 Å². The third kappa shape index (κ3) is 14.8. The lowest BCUT2D eigenvalue weighted by Gasteiger charge is -2.64. The SMILES string of the molecule is Cc1c(-c2ccc(N3CCc4cccc(C(=O)Nc5nc6ccccc6s5)c4C3)nc2C(=O)O)cnn1CC12CC(C)C3(CCC(OCCN(CC[C@H](O)CO)C(=O)OCc4ccc(CCCNC(=O)CN5C(=O)C=CC5=O)cc4O[C@@H]4O[C@H](C(=O)O)[C@@H](O)[C@H](O)[C@H]4O)(CC3)C1)C(C)C2. The second-order valence-corrected chi connectivity index (χ2v) is 28.4. The summed E-state index contributed by atoms with van der Waals surface area (Å²) >= 11 is 1.40. The smallest absolute Gasteiger partial charge is 0.410 e. The van der Waals surface area contributed by atoms with Crippen molar-refractivity contribution in [2.45, 2.75) is 154 Å². The average Bonchev–Trinajstić information content (AvgIpc) is 0.806. The number of nitrogens with one attached hydrogen (secondary N) is 2. The van der Waals surface area contributed by atoms with Crippen LogP contribution >= 0.6 is 11.3 Å². The van der Waals surface area contributed by atoms with Crippen LogP contribution in [-0.2, 0) is 65.9 Å². The molecule has 15 rings (SSSR count). The molecule has 3 aromatic heterocycles. The minimum absolute atomic E-state index is 0.00827. The Morgan fingerprint density at radius 1 is 0.879 bits per heavy atom. The van der Waals surface area contributed by atoms with E-state index < -0.39 is 97.9 Å². The number of rotatable bonds is 26. The number of carboxylic acid groups (broad SMARTS) is 2. The van der Waals surface area contributed by atoms with Crippen molar-refractivity contribution in [3.05, 3.63) is 130 Å². The number of ether oxygens (including phenoxy) is 4. The standard InChI is InChI=1S/C71H83N9O18S/c1-40-31-69(39-80-42(3)49(33-73-80)47-15-16-54(75-58(47)64(90)91)78-26-19-44-9-6-10-48(50(44)34-78)63(89)76-67-74-51-11-4-5-12-53(51)99-67)32-41(2)71(40)23-21-70(38-69,22-24-71)96-29-28-77(27-20-46(82)36-81)68(94)95-37-45-14-13-43(8-7-25-72-55(83)35-79-56(84)17-18-57(79)85)30-52(45)97-66-61(88)59(86)60(87)62(98-66)65(92)93/h4-6,9-18,30,33,40-41,46,59-62,66,81-82,86-88H,7-8,19-29,31-32,34-39H2,1-3H3,(H,72,83)(H,90,91)(H,92,93)(H,74,76,89)/t40?,41?,46-,59-,60-,61+,62-,66+,69?,70?,71?/m0/s1. The molecule has 28 heteroatoms. The van der Waals surface area contributed by atoms with Crippen LogP contribution in [0.2, 0.25) is 0 Å². The number of thiazole rings is 1. The Hall–Kier alpha value is -8.74. The summed E-state index contributed by atoms with van der Waals surface area (Å²) < 4.78 is 27.5. The fourth-order valence-electron chi connectivity index (χ4n) is 15.9. The second kappa shape index (κ2) is 29.2. The molecule has 1 saturated heterocycles. The number of aryl methyl sites for hydroxylation is 1. The van der Waals surface area contributed by atoms with E-state index in [1.165, 1.54) is 22.3 Å². The minimum Gasteiger partial charge on any atom is -0.479 e. The molecular formula is C71H83N9O18S. The lowest BCUT2D eigenvalue weighted by Crippen LogP contribution is -2.61. The molecule has 526 valence electrons. The van der Waals surface area contributed by atoms with Gasteiger partial charge in [-0.15, -0.1) is 0 Å². The van der Waals surface area contributed by atoms with Gasteiger partial charge in [-0.2, -0.15) is 5.10 Å². The lowest BCUT2D eigenvalue weighted by molar-refractivity contribution is -0.271. The van der Waals surface area contributed by atoms with Gasteiger partial charge in [0.05, 0.1) is 41.3 Å². The molecule has 99 heavy (non-hydrogen) atoms. The first-order valence-electron chi connectivity index (χ1n) is 33.6. The predicted molar refractivity (Wildman–Crippen MR) is 358 cm³/mol. The largest absolute Gasteiger partial charge is 0.479 e. The van der Waals surface area contributed by atoms with Gasteiger partial charge in [-0.3, -0.25) is 34.1 Å². The Morgan fingerprint density at radius 2 is 1.64 bits per heavy atom. The van der Waals surface area contributed by atoms with E-state index in [2.05, 4.69) is 29.5 Å². The van der Waals surface area contributed by atoms with Gasteiger partial charge in [0.1, 0.15) is 43.0 Å². The van der Waals surface area contributed by atoms with Crippen molar-refractivity contribution in [2.75, 3.05) is 56.2 Å². The summed E-state index contributed by atoms with van der Waals surface area (Å²) in [7, 11) is 0. The van der Waals surface area contributed by atoms with Crippen molar-refractivity contribution < 1.29 is 88.3 Å². The summed E-state index contributed by atoms with van der Waals surface area (Å²) in [6.07, 6.45) is -0.614. The van der Waals surface area contributed by atoms with E-state index in [1.807, 2.05) is 59.0 Å². The van der Waals surface area contributed by atoms with Crippen LogP contribution in [0.15, 0.2) is 91.1 Å². The molecule has 3 aromatic carbocycles. The Morgan fingerprint density at radius 3 is 2.36 bits per heavy atom. The minimum atomic E-state index is -2.00. The molecule has 1 spiro atoms. The molecule has 5 amide bonds. The van der Waals surface area contributed by atoms with E-state index in [9.17, 15) is 69.3 Å². The zero-order valence-corrected chi connectivity index (χ0v) is 56.1. The number of aliphatic hydroxyl groups is 5. The van der Waals surface area contributed by atoms with Crippen LogP contribution in [0.4, 0.5) is 15.7 Å². The monoisotopic (exact) mass is 1380 g/mol. The number of aliphatic carboxylic acids is 1. The Balaban J connectivity index is 0.726. The molecule has 6 saturated carbocycles. The summed E-state index contributed by atoms with van der Waals surface area (Å²) in [6.45, 7) is 6.84. The van der Waals surface area contributed by atoms with E-state index in [-0.39, 0.29) is 66.4 Å². The fourth-order valence-corrected chi connectivity index (χ4v) is 16.8. The number of carbonyl (C=O) groups is 7. The molecule has 8 atom stereocenters. The van der Waals surface area contributed by atoms with Gasteiger partial charge < -0.3 is 69.8 Å².